The van der Waals surface area contributed by atoms with Crippen molar-refractivity contribution < 1.29 is 14.5 Å². The molecule has 0 bridgehead atoms. The Balaban J connectivity index is 2.06. The molecule has 0 N–H and O–H groups in total. The Labute approximate surface area is 126 Å². The van der Waals surface area contributed by atoms with Gasteiger partial charge < -0.3 is 4.74 Å². The smallest absolute Gasteiger partial charge is 0.338 e. The third-order valence-electron chi connectivity index (χ3n) is 2.94. The van der Waals surface area contributed by atoms with E-state index in [2.05, 4.69) is 0 Å². The minimum Gasteiger partial charge on any atom is -0.454 e. The second kappa shape index (κ2) is 6.37. The molecule has 0 fully saturated rings. The molecule has 0 radical (unpaired) electrons. The summed E-state index contributed by atoms with van der Waals surface area (Å²) in [6, 6.07) is 12.3. The predicted molar refractivity (Wildman–Crippen MR) is 78.4 cm³/mol. The SMILES string of the molecule is C[C@H](OC(=O)c1ccc([N+](=O)[O-])cc1)c1ccc(Cl)cc1. The third kappa shape index (κ3) is 3.79. The molecule has 0 aromatic heterocycles. The van der Waals surface area contributed by atoms with Gasteiger partial charge in [0.1, 0.15) is 6.10 Å². The number of hydrogen-bond donors (Lipinski definition) is 0. The lowest BCUT2D eigenvalue weighted by atomic mass is 10.1. The van der Waals surface area contributed by atoms with Gasteiger partial charge in [0.2, 0.25) is 0 Å². The molecular formula is C15H12ClNO4. The van der Waals surface area contributed by atoms with Gasteiger partial charge in [0.15, 0.2) is 0 Å². The summed E-state index contributed by atoms with van der Waals surface area (Å²) in [7, 11) is 0. The van der Waals surface area contributed by atoms with E-state index in [4.69, 9.17) is 16.3 Å². The zero-order chi connectivity index (χ0) is 15.4. The molecule has 5 nitrogen and oxygen atoms in total. The number of carbonyl (C=O) groups excluding carboxylic acids is 1. The second-order valence-electron chi connectivity index (χ2n) is 4.40. The van der Waals surface area contributed by atoms with Crippen molar-refractivity contribution in [3.8, 4) is 0 Å². The van der Waals surface area contributed by atoms with Gasteiger partial charge in [-0.25, -0.2) is 4.79 Å². The lowest BCUT2D eigenvalue weighted by molar-refractivity contribution is -0.384. The van der Waals surface area contributed by atoms with Crippen LogP contribution < -0.4 is 0 Å². The van der Waals surface area contributed by atoms with Gasteiger partial charge in [0, 0.05) is 17.2 Å². The molecule has 2 aromatic rings. The molecule has 0 spiro atoms. The van der Waals surface area contributed by atoms with E-state index in [9.17, 15) is 14.9 Å². The van der Waals surface area contributed by atoms with E-state index < -0.39 is 17.0 Å². The standard InChI is InChI=1S/C15H12ClNO4/c1-10(11-2-6-13(16)7-3-11)21-15(18)12-4-8-14(9-5-12)17(19)20/h2-10H,1H3/t10-/m0/s1. The summed E-state index contributed by atoms with van der Waals surface area (Å²) in [5.74, 6) is -0.535. The van der Waals surface area contributed by atoms with Gasteiger partial charge >= 0.3 is 5.97 Å². The van der Waals surface area contributed by atoms with E-state index in [0.29, 0.717) is 5.02 Å². The molecule has 0 aliphatic heterocycles. The number of ether oxygens (including phenoxy) is 1. The normalized spacial score (nSPS) is 11.7. The van der Waals surface area contributed by atoms with Crippen LogP contribution in [0.3, 0.4) is 0 Å². The molecule has 2 rings (SSSR count). The molecule has 0 amide bonds. The van der Waals surface area contributed by atoms with Gasteiger partial charge in [-0.3, -0.25) is 10.1 Å². The van der Waals surface area contributed by atoms with E-state index in [-0.39, 0.29) is 11.3 Å². The van der Waals surface area contributed by atoms with Crippen LogP contribution in [0.25, 0.3) is 0 Å². The average Bonchev–Trinajstić information content (AvgIpc) is 2.47. The fraction of sp³-hybridized carbons (Fsp3) is 0.133. The number of nitro groups is 1. The molecule has 0 heterocycles. The Bertz CT molecular complexity index is 652. The molecule has 21 heavy (non-hydrogen) atoms. The molecule has 0 unspecified atom stereocenters. The fourth-order valence-corrected chi connectivity index (χ4v) is 1.88. The molecule has 108 valence electrons. The lowest BCUT2D eigenvalue weighted by Gasteiger charge is -2.13. The van der Waals surface area contributed by atoms with Crippen molar-refractivity contribution in [2.45, 2.75) is 13.0 Å². The molecule has 6 heteroatoms. The van der Waals surface area contributed by atoms with Crippen LogP contribution in [0.1, 0.15) is 28.9 Å². The first kappa shape index (κ1) is 15.0. The van der Waals surface area contributed by atoms with Crippen molar-refractivity contribution in [3.05, 3.63) is 74.8 Å². The number of hydrogen-bond acceptors (Lipinski definition) is 4. The number of nitro benzene ring substituents is 1. The second-order valence-corrected chi connectivity index (χ2v) is 4.84. The number of carbonyl (C=O) groups is 1. The van der Waals surface area contributed by atoms with Crippen LogP contribution in [0.5, 0.6) is 0 Å². The maximum Gasteiger partial charge on any atom is 0.338 e. The molecule has 0 aliphatic rings. The summed E-state index contributed by atoms with van der Waals surface area (Å²) in [5, 5.41) is 11.2. The van der Waals surface area contributed by atoms with Crippen molar-refractivity contribution >= 4 is 23.3 Å². The topological polar surface area (TPSA) is 69.4 Å². The molecule has 0 saturated heterocycles. The van der Waals surface area contributed by atoms with Gasteiger partial charge in [-0.05, 0) is 36.8 Å². The highest BCUT2D eigenvalue weighted by Gasteiger charge is 2.15. The summed E-state index contributed by atoms with van der Waals surface area (Å²) >= 11 is 5.80. The highest BCUT2D eigenvalue weighted by atomic mass is 35.5. The Hall–Kier alpha value is -2.40. The van der Waals surface area contributed by atoms with E-state index in [1.807, 2.05) is 0 Å². The van der Waals surface area contributed by atoms with E-state index in [1.165, 1.54) is 24.3 Å². The van der Waals surface area contributed by atoms with Crippen LogP contribution >= 0.6 is 11.6 Å². The van der Waals surface area contributed by atoms with Gasteiger partial charge in [-0.2, -0.15) is 0 Å². The highest BCUT2D eigenvalue weighted by molar-refractivity contribution is 6.30. The number of halogens is 1. The van der Waals surface area contributed by atoms with Crippen LogP contribution in [0.15, 0.2) is 48.5 Å². The molecule has 1 atom stereocenters. The highest BCUT2D eigenvalue weighted by Crippen LogP contribution is 2.21. The Kier molecular flexibility index (Phi) is 4.55. The summed E-state index contributed by atoms with van der Waals surface area (Å²) in [4.78, 5) is 22.0. The van der Waals surface area contributed by atoms with Crippen molar-refractivity contribution in [1.82, 2.24) is 0 Å². The Morgan fingerprint density at radius 3 is 2.24 bits per heavy atom. The minimum absolute atomic E-state index is 0.0719. The summed E-state index contributed by atoms with van der Waals surface area (Å²) in [6.45, 7) is 1.74. The van der Waals surface area contributed by atoms with Gasteiger partial charge in [-0.1, -0.05) is 23.7 Å². The zero-order valence-electron chi connectivity index (χ0n) is 11.2. The van der Waals surface area contributed by atoms with Crippen LogP contribution in [-0.2, 0) is 4.74 Å². The largest absolute Gasteiger partial charge is 0.454 e. The van der Waals surface area contributed by atoms with Crippen LogP contribution in [0, 0.1) is 10.1 Å². The summed E-state index contributed by atoms with van der Waals surface area (Å²) in [5.41, 5.74) is 1.01. The molecule has 0 saturated carbocycles. The lowest BCUT2D eigenvalue weighted by Crippen LogP contribution is -2.09. The maximum absolute atomic E-state index is 12.0. The number of rotatable bonds is 4. The van der Waals surface area contributed by atoms with Crippen molar-refractivity contribution in [1.29, 1.82) is 0 Å². The number of non-ortho nitro benzene ring substituents is 1. The van der Waals surface area contributed by atoms with Crippen molar-refractivity contribution in [2.75, 3.05) is 0 Å². The summed E-state index contributed by atoms with van der Waals surface area (Å²) in [6.07, 6.45) is -0.440. The van der Waals surface area contributed by atoms with Gasteiger partial charge in [-0.15, -0.1) is 0 Å². The zero-order valence-corrected chi connectivity index (χ0v) is 11.9. The molecule has 0 aliphatic carbocycles. The predicted octanol–water partition coefficient (Wildman–Crippen LogP) is 4.17. The monoisotopic (exact) mass is 305 g/mol. The first-order valence-electron chi connectivity index (χ1n) is 6.18. The van der Waals surface area contributed by atoms with Crippen LogP contribution in [-0.4, -0.2) is 10.9 Å². The first-order chi connectivity index (χ1) is 9.97. The third-order valence-corrected chi connectivity index (χ3v) is 3.19. The van der Waals surface area contributed by atoms with Crippen molar-refractivity contribution in [3.63, 3.8) is 0 Å². The van der Waals surface area contributed by atoms with Crippen LogP contribution in [0.4, 0.5) is 5.69 Å². The van der Waals surface area contributed by atoms with Gasteiger partial charge in [0.25, 0.3) is 5.69 Å². The fourth-order valence-electron chi connectivity index (χ4n) is 1.75. The Morgan fingerprint density at radius 1 is 1.14 bits per heavy atom. The number of benzene rings is 2. The average molecular weight is 306 g/mol. The molecular weight excluding hydrogens is 294 g/mol. The first-order valence-corrected chi connectivity index (χ1v) is 6.56. The van der Waals surface area contributed by atoms with E-state index in [1.54, 1.807) is 31.2 Å². The summed E-state index contributed by atoms with van der Waals surface area (Å²) < 4.78 is 5.31. The Morgan fingerprint density at radius 2 is 1.71 bits per heavy atom. The number of esters is 1. The quantitative estimate of drug-likeness (QED) is 0.483. The number of nitrogens with zero attached hydrogens (tertiary/aromatic N) is 1. The minimum atomic E-state index is -0.535. The maximum atomic E-state index is 12.0. The molecule has 2 aromatic carbocycles. The van der Waals surface area contributed by atoms with Crippen molar-refractivity contribution in [2.24, 2.45) is 0 Å². The van der Waals surface area contributed by atoms with E-state index in [0.717, 1.165) is 5.56 Å². The van der Waals surface area contributed by atoms with Crippen LogP contribution in [0.2, 0.25) is 5.02 Å². The van der Waals surface area contributed by atoms with E-state index >= 15 is 0 Å². The van der Waals surface area contributed by atoms with Gasteiger partial charge in [0.05, 0.1) is 10.5 Å².